The fourth-order valence-corrected chi connectivity index (χ4v) is 1.87. The van der Waals surface area contributed by atoms with E-state index in [9.17, 15) is 4.79 Å². The lowest BCUT2D eigenvalue weighted by atomic mass is 9.92. The molecule has 1 heterocycles. The Bertz CT molecular complexity index is 384. The Morgan fingerprint density at radius 3 is 2.60 bits per heavy atom. The van der Waals surface area contributed by atoms with Gasteiger partial charge >= 0.3 is 5.97 Å². The Morgan fingerprint density at radius 2 is 2.07 bits per heavy atom. The van der Waals surface area contributed by atoms with Crippen molar-refractivity contribution in [3.63, 3.8) is 0 Å². The molecule has 1 aromatic heterocycles. The Balaban J connectivity index is 2.12. The molecule has 3 nitrogen and oxygen atoms in total. The molecule has 1 atom stereocenters. The SMILES string of the molecule is O=C(O)C1CC=C([n+]2ccccc2)CC1. The number of carboxylic acids is 1. The fraction of sp³-hybridized carbons (Fsp3) is 0.333. The molecule has 1 aliphatic rings. The van der Waals surface area contributed by atoms with Gasteiger partial charge in [0, 0.05) is 18.6 Å². The molecule has 0 aromatic carbocycles. The van der Waals surface area contributed by atoms with E-state index in [1.807, 2.05) is 36.7 Å². The number of hydrogen-bond donors (Lipinski definition) is 1. The standard InChI is InChI=1S/C12H13NO2/c14-12(15)10-4-6-11(7-5-10)13-8-2-1-3-9-13/h1-3,6,8-10H,4-5,7H2/p+1. The van der Waals surface area contributed by atoms with E-state index in [2.05, 4.69) is 4.57 Å². The smallest absolute Gasteiger partial charge is 0.306 e. The van der Waals surface area contributed by atoms with E-state index >= 15 is 0 Å². The van der Waals surface area contributed by atoms with Gasteiger partial charge in [-0.3, -0.25) is 4.79 Å². The summed E-state index contributed by atoms with van der Waals surface area (Å²) in [6.45, 7) is 0. The third kappa shape index (κ3) is 2.24. The van der Waals surface area contributed by atoms with Crippen LogP contribution in [0.2, 0.25) is 0 Å². The molecule has 1 aromatic rings. The number of hydrogen-bond acceptors (Lipinski definition) is 1. The Hall–Kier alpha value is -1.64. The number of pyridine rings is 1. The van der Waals surface area contributed by atoms with Crippen LogP contribution in [0.25, 0.3) is 5.70 Å². The molecule has 0 amide bonds. The lowest BCUT2D eigenvalue weighted by molar-refractivity contribution is -0.584. The molecule has 0 spiro atoms. The summed E-state index contributed by atoms with van der Waals surface area (Å²) in [5.41, 5.74) is 1.20. The predicted octanol–water partition coefficient (Wildman–Crippen LogP) is 1.70. The van der Waals surface area contributed by atoms with E-state index in [1.165, 1.54) is 5.70 Å². The highest BCUT2D eigenvalue weighted by atomic mass is 16.4. The summed E-state index contributed by atoms with van der Waals surface area (Å²) in [7, 11) is 0. The molecule has 78 valence electrons. The molecule has 0 bridgehead atoms. The van der Waals surface area contributed by atoms with Crippen molar-refractivity contribution in [3.8, 4) is 0 Å². The number of aliphatic carboxylic acids is 1. The van der Waals surface area contributed by atoms with Crippen LogP contribution in [0.1, 0.15) is 19.3 Å². The average Bonchev–Trinajstić information content (AvgIpc) is 2.30. The van der Waals surface area contributed by atoms with Gasteiger partial charge in [0.2, 0.25) is 0 Å². The molecule has 1 unspecified atom stereocenters. The highest BCUT2D eigenvalue weighted by Gasteiger charge is 2.24. The number of rotatable bonds is 2. The third-order valence-electron chi connectivity index (χ3n) is 2.78. The van der Waals surface area contributed by atoms with E-state index < -0.39 is 5.97 Å². The Labute approximate surface area is 88.7 Å². The normalized spacial score (nSPS) is 20.8. The summed E-state index contributed by atoms with van der Waals surface area (Å²) >= 11 is 0. The van der Waals surface area contributed by atoms with Gasteiger partial charge in [-0.25, -0.2) is 0 Å². The number of carboxylic acid groups (broad SMARTS) is 1. The van der Waals surface area contributed by atoms with Crippen molar-refractivity contribution >= 4 is 11.7 Å². The zero-order valence-electron chi connectivity index (χ0n) is 8.47. The van der Waals surface area contributed by atoms with Crippen molar-refractivity contribution in [3.05, 3.63) is 36.7 Å². The number of nitrogens with zero attached hydrogens (tertiary/aromatic N) is 1. The average molecular weight is 204 g/mol. The maximum atomic E-state index is 10.8. The predicted molar refractivity (Wildman–Crippen MR) is 55.9 cm³/mol. The van der Waals surface area contributed by atoms with Crippen LogP contribution in [0.4, 0.5) is 0 Å². The highest BCUT2D eigenvalue weighted by molar-refractivity contribution is 5.71. The van der Waals surface area contributed by atoms with E-state index in [0.717, 1.165) is 12.8 Å². The monoisotopic (exact) mass is 204 g/mol. The van der Waals surface area contributed by atoms with Gasteiger partial charge in [0.25, 0.3) is 0 Å². The summed E-state index contributed by atoms with van der Waals surface area (Å²) in [6, 6.07) is 5.92. The van der Waals surface area contributed by atoms with Crippen molar-refractivity contribution in [1.29, 1.82) is 0 Å². The van der Waals surface area contributed by atoms with Crippen molar-refractivity contribution in [2.24, 2.45) is 5.92 Å². The first kappa shape index (κ1) is 9.90. The maximum Gasteiger partial charge on any atom is 0.306 e. The minimum Gasteiger partial charge on any atom is -0.481 e. The summed E-state index contributed by atoms with van der Waals surface area (Å²) in [5, 5.41) is 8.86. The largest absolute Gasteiger partial charge is 0.481 e. The topological polar surface area (TPSA) is 41.2 Å². The van der Waals surface area contributed by atoms with Crippen LogP contribution < -0.4 is 4.57 Å². The third-order valence-corrected chi connectivity index (χ3v) is 2.78. The number of carbonyl (C=O) groups is 1. The number of aromatic nitrogens is 1. The molecule has 0 fully saturated rings. The highest BCUT2D eigenvalue weighted by Crippen LogP contribution is 2.23. The molecule has 0 saturated heterocycles. The van der Waals surface area contributed by atoms with Gasteiger partial charge in [-0.1, -0.05) is 6.07 Å². The second-order valence-corrected chi connectivity index (χ2v) is 3.79. The van der Waals surface area contributed by atoms with Gasteiger partial charge in [-0.2, -0.15) is 4.57 Å². The molecule has 0 aliphatic heterocycles. The molecule has 3 heteroatoms. The molecule has 0 radical (unpaired) electrons. The van der Waals surface area contributed by atoms with Crippen LogP contribution in [0.3, 0.4) is 0 Å². The van der Waals surface area contributed by atoms with Gasteiger partial charge in [0.05, 0.1) is 5.92 Å². The molecule has 2 rings (SSSR count). The quantitative estimate of drug-likeness (QED) is 0.745. The summed E-state index contributed by atoms with van der Waals surface area (Å²) in [6.07, 6.45) is 8.24. The molecule has 1 aliphatic carbocycles. The minimum absolute atomic E-state index is 0.196. The fourth-order valence-electron chi connectivity index (χ4n) is 1.87. The second kappa shape index (κ2) is 4.26. The molecule has 0 saturated carbocycles. The van der Waals surface area contributed by atoms with Crippen LogP contribution in [0, 0.1) is 5.92 Å². The molecule has 15 heavy (non-hydrogen) atoms. The Morgan fingerprint density at radius 1 is 1.33 bits per heavy atom. The van der Waals surface area contributed by atoms with E-state index in [-0.39, 0.29) is 5.92 Å². The first-order chi connectivity index (χ1) is 7.27. The van der Waals surface area contributed by atoms with Crippen molar-refractivity contribution in [2.75, 3.05) is 0 Å². The van der Waals surface area contributed by atoms with Gasteiger partial charge in [0.1, 0.15) is 0 Å². The van der Waals surface area contributed by atoms with E-state index in [4.69, 9.17) is 5.11 Å². The molecule has 1 N–H and O–H groups in total. The molecular formula is C12H14NO2+. The first-order valence-corrected chi connectivity index (χ1v) is 5.16. The van der Waals surface area contributed by atoms with Crippen molar-refractivity contribution in [2.45, 2.75) is 19.3 Å². The minimum atomic E-state index is -0.677. The summed E-state index contributed by atoms with van der Waals surface area (Å²) in [5.74, 6) is -0.874. The molecular weight excluding hydrogens is 190 g/mol. The second-order valence-electron chi connectivity index (χ2n) is 3.79. The van der Waals surface area contributed by atoms with Crippen LogP contribution >= 0.6 is 0 Å². The number of allylic oxidation sites excluding steroid dienone is 2. The zero-order valence-corrected chi connectivity index (χ0v) is 8.47. The van der Waals surface area contributed by atoms with Crippen LogP contribution in [-0.2, 0) is 4.79 Å². The summed E-state index contributed by atoms with van der Waals surface area (Å²) < 4.78 is 2.05. The lowest BCUT2D eigenvalue weighted by Gasteiger charge is -2.14. The maximum absolute atomic E-state index is 10.8. The van der Waals surface area contributed by atoms with Crippen molar-refractivity contribution < 1.29 is 14.5 Å². The van der Waals surface area contributed by atoms with E-state index in [0.29, 0.717) is 6.42 Å². The lowest BCUT2D eigenvalue weighted by Crippen LogP contribution is -2.33. The zero-order chi connectivity index (χ0) is 10.7. The van der Waals surface area contributed by atoms with Crippen LogP contribution in [0.5, 0.6) is 0 Å². The first-order valence-electron chi connectivity index (χ1n) is 5.16. The Kier molecular flexibility index (Phi) is 2.81. The summed E-state index contributed by atoms with van der Waals surface area (Å²) in [4.78, 5) is 10.8. The van der Waals surface area contributed by atoms with Crippen molar-refractivity contribution in [1.82, 2.24) is 0 Å². The van der Waals surface area contributed by atoms with Gasteiger partial charge in [-0.05, 0) is 18.9 Å². The van der Waals surface area contributed by atoms with Crippen LogP contribution in [-0.4, -0.2) is 11.1 Å². The van der Waals surface area contributed by atoms with Gasteiger partial charge < -0.3 is 5.11 Å². The van der Waals surface area contributed by atoms with Crippen LogP contribution in [0.15, 0.2) is 36.7 Å². The van der Waals surface area contributed by atoms with Gasteiger partial charge in [-0.15, -0.1) is 0 Å². The van der Waals surface area contributed by atoms with E-state index in [1.54, 1.807) is 0 Å². The van der Waals surface area contributed by atoms with Gasteiger partial charge in [0.15, 0.2) is 18.1 Å².